The van der Waals surface area contributed by atoms with Crippen LogP contribution < -0.4 is 5.73 Å². The van der Waals surface area contributed by atoms with Crippen molar-refractivity contribution >= 4 is 21.6 Å². The number of sulfonamides is 1. The van der Waals surface area contributed by atoms with Crippen molar-refractivity contribution < 1.29 is 13.2 Å². The van der Waals surface area contributed by atoms with Crippen molar-refractivity contribution in [1.82, 2.24) is 4.31 Å². The lowest BCUT2D eigenvalue weighted by Gasteiger charge is -2.30. The molecule has 0 aliphatic carbocycles. The summed E-state index contributed by atoms with van der Waals surface area (Å²) in [5.74, 6) is 0. The normalized spacial score (nSPS) is 17.6. The standard InChI is InChI=1S/C13H19ClN2O3S/c1-16(11-4-6-19-7-5-11)20(17,18)13-8-10(9-15)2-3-12(13)14/h2-3,8,11H,4-7,9,15H2,1H3. The summed E-state index contributed by atoms with van der Waals surface area (Å²) in [6.45, 7) is 1.45. The molecule has 1 saturated heterocycles. The van der Waals surface area contributed by atoms with Gasteiger partial charge in [0.15, 0.2) is 0 Å². The topological polar surface area (TPSA) is 72.6 Å². The highest BCUT2D eigenvalue weighted by molar-refractivity contribution is 7.89. The third-order valence-electron chi connectivity index (χ3n) is 3.59. The second kappa shape index (κ2) is 6.41. The molecule has 0 spiro atoms. The Hall–Kier alpha value is -0.660. The minimum Gasteiger partial charge on any atom is -0.381 e. The maximum Gasteiger partial charge on any atom is 0.244 e. The Kier molecular flexibility index (Phi) is 5.04. The van der Waals surface area contributed by atoms with Crippen LogP contribution >= 0.6 is 11.6 Å². The van der Waals surface area contributed by atoms with E-state index in [-0.39, 0.29) is 22.5 Å². The first-order chi connectivity index (χ1) is 9.46. The Balaban J connectivity index is 2.33. The van der Waals surface area contributed by atoms with Crippen molar-refractivity contribution in [3.63, 3.8) is 0 Å². The molecule has 0 amide bonds. The Bertz CT molecular complexity index is 571. The summed E-state index contributed by atoms with van der Waals surface area (Å²) < 4.78 is 32.0. The summed E-state index contributed by atoms with van der Waals surface area (Å²) in [4.78, 5) is 0.121. The van der Waals surface area contributed by atoms with Gasteiger partial charge in [0.1, 0.15) is 4.90 Å². The van der Waals surface area contributed by atoms with Crippen LogP contribution in [-0.2, 0) is 21.3 Å². The minimum atomic E-state index is -3.61. The van der Waals surface area contributed by atoms with Crippen LogP contribution in [0.25, 0.3) is 0 Å². The number of hydrogen-bond acceptors (Lipinski definition) is 4. The van der Waals surface area contributed by atoms with Crippen LogP contribution in [0.5, 0.6) is 0 Å². The van der Waals surface area contributed by atoms with Gasteiger partial charge in [-0.25, -0.2) is 8.42 Å². The molecular weight excluding hydrogens is 300 g/mol. The molecule has 0 unspecified atom stereocenters. The van der Waals surface area contributed by atoms with E-state index in [1.54, 1.807) is 25.2 Å². The summed E-state index contributed by atoms with van der Waals surface area (Å²) in [5.41, 5.74) is 6.31. The SMILES string of the molecule is CN(C1CCOCC1)S(=O)(=O)c1cc(CN)ccc1Cl. The lowest BCUT2D eigenvalue weighted by atomic mass is 10.1. The summed E-state index contributed by atoms with van der Waals surface area (Å²) in [6, 6.07) is 4.81. The molecule has 1 fully saturated rings. The van der Waals surface area contributed by atoms with Gasteiger partial charge in [0, 0.05) is 32.8 Å². The highest BCUT2D eigenvalue weighted by Gasteiger charge is 2.30. The van der Waals surface area contributed by atoms with Crippen LogP contribution in [0.4, 0.5) is 0 Å². The first kappa shape index (κ1) is 15.7. The van der Waals surface area contributed by atoms with Gasteiger partial charge in [-0.15, -0.1) is 0 Å². The molecule has 0 saturated carbocycles. The molecule has 1 aromatic carbocycles. The van der Waals surface area contributed by atoms with Crippen LogP contribution in [-0.4, -0.2) is 39.0 Å². The molecule has 1 aliphatic rings. The average molecular weight is 319 g/mol. The zero-order valence-electron chi connectivity index (χ0n) is 11.4. The number of halogens is 1. The first-order valence-electron chi connectivity index (χ1n) is 6.51. The molecule has 1 aliphatic heterocycles. The van der Waals surface area contributed by atoms with Crippen LogP contribution in [0.2, 0.25) is 5.02 Å². The van der Waals surface area contributed by atoms with E-state index in [0.717, 1.165) is 5.56 Å². The molecule has 0 bridgehead atoms. The number of hydrogen-bond donors (Lipinski definition) is 1. The van der Waals surface area contributed by atoms with Gasteiger partial charge in [0.2, 0.25) is 10.0 Å². The van der Waals surface area contributed by atoms with Crippen LogP contribution in [0.1, 0.15) is 18.4 Å². The molecule has 1 heterocycles. The molecule has 1 aromatic rings. The second-order valence-corrected chi connectivity index (χ2v) is 7.21. The van der Waals surface area contributed by atoms with E-state index in [9.17, 15) is 8.42 Å². The van der Waals surface area contributed by atoms with Crippen molar-refractivity contribution in [2.24, 2.45) is 5.73 Å². The van der Waals surface area contributed by atoms with E-state index in [4.69, 9.17) is 22.1 Å². The zero-order valence-corrected chi connectivity index (χ0v) is 13.0. The summed E-state index contributed by atoms with van der Waals surface area (Å²) in [5, 5.41) is 0.223. The van der Waals surface area contributed by atoms with Crippen molar-refractivity contribution in [2.75, 3.05) is 20.3 Å². The van der Waals surface area contributed by atoms with Gasteiger partial charge in [-0.2, -0.15) is 4.31 Å². The third-order valence-corrected chi connectivity index (χ3v) is 5.99. The van der Waals surface area contributed by atoms with Gasteiger partial charge in [-0.05, 0) is 30.5 Å². The quantitative estimate of drug-likeness (QED) is 0.915. The predicted molar refractivity (Wildman–Crippen MR) is 78.1 cm³/mol. The maximum absolute atomic E-state index is 12.7. The van der Waals surface area contributed by atoms with E-state index in [0.29, 0.717) is 26.1 Å². The average Bonchev–Trinajstić information content (AvgIpc) is 2.47. The zero-order chi connectivity index (χ0) is 14.8. The summed E-state index contributed by atoms with van der Waals surface area (Å²) in [7, 11) is -2.02. The van der Waals surface area contributed by atoms with Crippen LogP contribution in [0, 0.1) is 0 Å². The van der Waals surface area contributed by atoms with E-state index >= 15 is 0 Å². The number of nitrogens with zero attached hydrogens (tertiary/aromatic N) is 1. The molecule has 0 atom stereocenters. The maximum atomic E-state index is 12.7. The van der Waals surface area contributed by atoms with E-state index in [1.165, 1.54) is 4.31 Å². The molecule has 0 aromatic heterocycles. The van der Waals surface area contributed by atoms with E-state index < -0.39 is 10.0 Å². The third kappa shape index (κ3) is 3.15. The first-order valence-corrected chi connectivity index (χ1v) is 8.33. The lowest BCUT2D eigenvalue weighted by Crippen LogP contribution is -2.40. The van der Waals surface area contributed by atoms with Crippen LogP contribution in [0.15, 0.2) is 23.1 Å². The molecule has 20 heavy (non-hydrogen) atoms. The molecule has 2 rings (SSSR count). The lowest BCUT2D eigenvalue weighted by molar-refractivity contribution is 0.0632. The smallest absolute Gasteiger partial charge is 0.244 e. The number of rotatable bonds is 4. The Morgan fingerprint density at radius 3 is 2.65 bits per heavy atom. The van der Waals surface area contributed by atoms with Gasteiger partial charge in [-0.1, -0.05) is 17.7 Å². The fourth-order valence-electron chi connectivity index (χ4n) is 2.27. The van der Waals surface area contributed by atoms with Gasteiger partial charge < -0.3 is 10.5 Å². The summed E-state index contributed by atoms with van der Waals surface area (Å²) in [6.07, 6.45) is 1.40. The van der Waals surface area contributed by atoms with Gasteiger partial charge in [0.25, 0.3) is 0 Å². The highest BCUT2D eigenvalue weighted by Crippen LogP contribution is 2.28. The largest absolute Gasteiger partial charge is 0.381 e. The van der Waals surface area contributed by atoms with Crippen molar-refractivity contribution in [1.29, 1.82) is 0 Å². The van der Waals surface area contributed by atoms with Crippen molar-refractivity contribution in [3.05, 3.63) is 28.8 Å². The van der Waals surface area contributed by atoms with Crippen LogP contribution in [0.3, 0.4) is 0 Å². The fourth-order valence-corrected chi connectivity index (χ4v) is 4.21. The van der Waals surface area contributed by atoms with Gasteiger partial charge in [0.05, 0.1) is 5.02 Å². The monoisotopic (exact) mass is 318 g/mol. The molecule has 0 radical (unpaired) electrons. The van der Waals surface area contributed by atoms with Crippen molar-refractivity contribution in [2.45, 2.75) is 30.3 Å². The summed E-state index contributed by atoms with van der Waals surface area (Å²) >= 11 is 6.05. The number of ether oxygens (including phenoxy) is 1. The fraction of sp³-hybridized carbons (Fsp3) is 0.538. The number of benzene rings is 1. The van der Waals surface area contributed by atoms with Gasteiger partial charge >= 0.3 is 0 Å². The van der Waals surface area contributed by atoms with E-state index in [2.05, 4.69) is 0 Å². The molecule has 5 nitrogen and oxygen atoms in total. The Morgan fingerprint density at radius 2 is 2.05 bits per heavy atom. The van der Waals surface area contributed by atoms with E-state index in [1.807, 2.05) is 0 Å². The molecule has 2 N–H and O–H groups in total. The van der Waals surface area contributed by atoms with Gasteiger partial charge in [-0.3, -0.25) is 0 Å². The Labute approximate surface area is 124 Å². The second-order valence-electron chi connectivity index (χ2n) is 4.83. The molecular formula is C13H19ClN2O3S. The number of nitrogens with two attached hydrogens (primary N) is 1. The Morgan fingerprint density at radius 1 is 1.40 bits per heavy atom. The molecule has 112 valence electrons. The van der Waals surface area contributed by atoms with Crippen molar-refractivity contribution in [3.8, 4) is 0 Å². The highest BCUT2D eigenvalue weighted by atomic mass is 35.5. The predicted octanol–water partition coefficient (Wildman–Crippen LogP) is 1.60. The molecule has 7 heteroatoms. The minimum absolute atomic E-state index is 0.0497.